The number of rotatable bonds is 6. The minimum atomic E-state index is -0.00567. The quantitative estimate of drug-likeness (QED) is 0.796. The highest BCUT2D eigenvalue weighted by Gasteiger charge is 2.21. The summed E-state index contributed by atoms with van der Waals surface area (Å²) in [7, 11) is 2.03. The van der Waals surface area contributed by atoms with Gasteiger partial charge in [-0.25, -0.2) is 0 Å². The number of likely N-dealkylation sites (N-methyl/N-ethyl adjacent to an activating group) is 1. The Bertz CT molecular complexity index is 520. The van der Waals surface area contributed by atoms with E-state index in [4.69, 9.17) is 4.98 Å². The number of carbonyl (C=O) groups is 1. The molecule has 1 atom stereocenters. The molecule has 0 fully saturated rings. The van der Waals surface area contributed by atoms with Gasteiger partial charge in [0.05, 0.1) is 6.04 Å². The zero-order valence-corrected chi connectivity index (χ0v) is 14.9. The number of hydrogen-bond donors (Lipinski definition) is 0. The van der Waals surface area contributed by atoms with Gasteiger partial charge in [-0.1, -0.05) is 20.8 Å². The molecule has 1 aromatic heterocycles. The van der Waals surface area contributed by atoms with Gasteiger partial charge in [-0.05, 0) is 63.8 Å². The first-order valence-corrected chi connectivity index (χ1v) is 7.87. The topological polar surface area (TPSA) is 33.2 Å². The second-order valence-electron chi connectivity index (χ2n) is 6.42. The van der Waals surface area contributed by atoms with Crippen LogP contribution < -0.4 is 0 Å². The highest BCUT2D eigenvalue weighted by atomic mass is 16.1. The highest BCUT2D eigenvalue weighted by molar-refractivity contribution is 5.81. The zero-order chi connectivity index (χ0) is 16.3. The summed E-state index contributed by atoms with van der Waals surface area (Å²) in [5.41, 5.74) is 6.15. The van der Waals surface area contributed by atoms with Crippen LogP contribution in [0.5, 0.6) is 0 Å². The molecule has 0 bridgehead atoms. The first-order chi connectivity index (χ1) is 9.70. The molecule has 3 nitrogen and oxygen atoms in total. The van der Waals surface area contributed by atoms with Crippen molar-refractivity contribution in [3.8, 4) is 0 Å². The molecular weight excluding hydrogens is 260 g/mol. The van der Waals surface area contributed by atoms with Gasteiger partial charge in [0.25, 0.3) is 0 Å². The van der Waals surface area contributed by atoms with Gasteiger partial charge in [0, 0.05) is 17.9 Å². The summed E-state index contributed by atoms with van der Waals surface area (Å²) in [6.45, 7) is 15.3. The molecule has 0 aliphatic rings. The van der Waals surface area contributed by atoms with Gasteiger partial charge in [0.1, 0.15) is 5.78 Å². The van der Waals surface area contributed by atoms with Crippen molar-refractivity contribution in [2.24, 2.45) is 0 Å². The summed E-state index contributed by atoms with van der Waals surface area (Å²) in [5, 5.41) is 0. The Morgan fingerprint density at radius 3 is 2.19 bits per heavy atom. The van der Waals surface area contributed by atoms with Crippen LogP contribution in [-0.4, -0.2) is 28.8 Å². The third kappa shape index (κ3) is 3.91. The number of carbonyl (C=O) groups excluding carboxylic acids is 1. The Labute approximate surface area is 129 Å². The van der Waals surface area contributed by atoms with Crippen molar-refractivity contribution in [3.63, 3.8) is 0 Å². The van der Waals surface area contributed by atoms with Crippen LogP contribution in [0.4, 0.5) is 0 Å². The summed E-state index contributed by atoms with van der Waals surface area (Å²) in [6, 6.07) is -0.00567. The average molecular weight is 290 g/mol. The van der Waals surface area contributed by atoms with E-state index in [0.29, 0.717) is 5.92 Å². The van der Waals surface area contributed by atoms with Crippen LogP contribution in [0.1, 0.15) is 68.1 Å². The van der Waals surface area contributed by atoms with E-state index in [1.54, 1.807) is 6.92 Å². The van der Waals surface area contributed by atoms with Gasteiger partial charge >= 0.3 is 0 Å². The van der Waals surface area contributed by atoms with E-state index >= 15 is 0 Å². The molecule has 1 heterocycles. The monoisotopic (exact) mass is 290 g/mol. The number of hydrogen-bond acceptors (Lipinski definition) is 3. The number of pyridine rings is 1. The molecule has 1 aromatic rings. The van der Waals surface area contributed by atoms with E-state index in [-0.39, 0.29) is 11.8 Å². The van der Waals surface area contributed by atoms with Crippen LogP contribution >= 0.6 is 0 Å². The SMILES string of the molecule is CC[C@@H](C(C)=O)N(C)Cc1c(C)nc(C(C)C)c(C)c1C. The standard InChI is InChI=1S/C18H30N2O/c1-9-17(15(7)21)20(8)10-16-12(4)13(5)18(11(2)3)19-14(16)6/h11,17H,9-10H2,1-8H3/t17-/m0/s1. The van der Waals surface area contributed by atoms with E-state index < -0.39 is 0 Å². The van der Waals surface area contributed by atoms with Crippen LogP contribution in [-0.2, 0) is 11.3 Å². The Hall–Kier alpha value is -1.22. The van der Waals surface area contributed by atoms with Crippen molar-refractivity contribution in [3.05, 3.63) is 28.1 Å². The van der Waals surface area contributed by atoms with E-state index in [9.17, 15) is 4.79 Å². The third-order valence-corrected chi connectivity index (χ3v) is 4.47. The molecule has 1 rings (SSSR count). The zero-order valence-electron chi connectivity index (χ0n) is 14.9. The largest absolute Gasteiger partial charge is 0.298 e. The van der Waals surface area contributed by atoms with E-state index in [2.05, 4.69) is 46.4 Å². The van der Waals surface area contributed by atoms with Crippen LogP contribution in [0.15, 0.2) is 0 Å². The molecule has 0 unspecified atom stereocenters. The molecule has 0 radical (unpaired) electrons. The summed E-state index contributed by atoms with van der Waals surface area (Å²) in [5.74, 6) is 0.675. The lowest BCUT2D eigenvalue weighted by Crippen LogP contribution is -2.36. The number of nitrogens with zero attached hydrogens (tertiary/aromatic N) is 2. The van der Waals surface area contributed by atoms with Gasteiger partial charge in [-0.3, -0.25) is 14.7 Å². The molecular formula is C18H30N2O. The first kappa shape index (κ1) is 17.8. The van der Waals surface area contributed by atoms with E-state index in [0.717, 1.165) is 18.7 Å². The normalized spacial score (nSPS) is 13.0. The molecule has 0 aliphatic heterocycles. The Morgan fingerprint density at radius 1 is 1.19 bits per heavy atom. The Kier molecular flexibility index (Phi) is 6.09. The van der Waals surface area contributed by atoms with Crippen LogP contribution in [0.2, 0.25) is 0 Å². The van der Waals surface area contributed by atoms with Crippen LogP contribution in [0, 0.1) is 20.8 Å². The van der Waals surface area contributed by atoms with Gasteiger partial charge in [-0.2, -0.15) is 0 Å². The predicted molar refractivity (Wildman–Crippen MR) is 88.8 cm³/mol. The lowest BCUT2D eigenvalue weighted by Gasteiger charge is -2.27. The van der Waals surface area contributed by atoms with Crippen LogP contribution in [0.25, 0.3) is 0 Å². The maximum absolute atomic E-state index is 11.7. The molecule has 21 heavy (non-hydrogen) atoms. The fourth-order valence-electron chi connectivity index (χ4n) is 3.09. The number of Topliss-reactive ketones (excluding diaryl/α,β-unsaturated/α-hetero) is 1. The van der Waals surface area contributed by atoms with Gasteiger partial charge < -0.3 is 0 Å². The van der Waals surface area contributed by atoms with Crippen molar-refractivity contribution >= 4 is 5.78 Å². The summed E-state index contributed by atoms with van der Waals surface area (Å²) >= 11 is 0. The third-order valence-electron chi connectivity index (χ3n) is 4.47. The number of ketones is 1. The second-order valence-corrected chi connectivity index (χ2v) is 6.42. The van der Waals surface area contributed by atoms with E-state index in [1.807, 2.05) is 7.05 Å². The van der Waals surface area contributed by atoms with Crippen LogP contribution in [0.3, 0.4) is 0 Å². The average Bonchev–Trinajstić information content (AvgIpc) is 2.38. The molecule has 0 saturated heterocycles. The minimum Gasteiger partial charge on any atom is -0.298 e. The molecule has 0 N–H and O–H groups in total. The predicted octanol–water partition coefficient (Wildman–Crippen LogP) is 3.93. The molecule has 118 valence electrons. The fourth-order valence-corrected chi connectivity index (χ4v) is 3.09. The highest BCUT2D eigenvalue weighted by Crippen LogP contribution is 2.25. The Balaban J connectivity index is 3.15. The second kappa shape index (κ2) is 7.17. The van der Waals surface area contributed by atoms with Crippen molar-refractivity contribution in [1.29, 1.82) is 0 Å². The maximum atomic E-state index is 11.7. The Morgan fingerprint density at radius 2 is 1.76 bits per heavy atom. The van der Waals surface area contributed by atoms with Crippen molar-refractivity contribution in [1.82, 2.24) is 9.88 Å². The first-order valence-electron chi connectivity index (χ1n) is 7.87. The van der Waals surface area contributed by atoms with Gasteiger partial charge in [0.15, 0.2) is 0 Å². The minimum absolute atomic E-state index is 0.00567. The summed E-state index contributed by atoms with van der Waals surface area (Å²) in [6.07, 6.45) is 0.848. The number of aromatic nitrogens is 1. The molecule has 0 aliphatic carbocycles. The number of aryl methyl sites for hydroxylation is 1. The lowest BCUT2D eigenvalue weighted by molar-refractivity contribution is -0.122. The molecule has 0 saturated carbocycles. The summed E-state index contributed by atoms with van der Waals surface area (Å²) < 4.78 is 0. The molecule has 0 aromatic carbocycles. The maximum Gasteiger partial charge on any atom is 0.146 e. The lowest BCUT2D eigenvalue weighted by atomic mass is 9.95. The molecule has 0 spiro atoms. The fraction of sp³-hybridized carbons (Fsp3) is 0.667. The van der Waals surface area contributed by atoms with E-state index in [1.165, 1.54) is 22.4 Å². The summed E-state index contributed by atoms with van der Waals surface area (Å²) in [4.78, 5) is 18.7. The smallest absolute Gasteiger partial charge is 0.146 e. The molecule has 3 heteroatoms. The van der Waals surface area contributed by atoms with Crippen molar-refractivity contribution < 1.29 is 4.79 Å². The van der Waals surface area contributed by atoms with Crippen molar-refractivity contribution in [2.75, 3.05) is 7.05 Å². The van der Waals surface area contributed by atoms with Crippen molar-refractivity contribution in [2.45, 2.75) is 73.4 Å². The molecule has 0 amide bonds. The van der Waals surface area contributed by atoms with Gasteiger partial charge in [-0.15, -0.1) is 0 Å². The van der Waals surface area contributed by atoms with Gasteiger partial charge in [0.2, 0.25) is 0 Å².